The third kappa shape index (κ3) is 5.11. The molecule has 1 aliphatic rings. The number of para-hydroxylation sites is 2. The van der Waals surface area contributed by atoms with Gasteiger partial charge in [0.15, 0.2) is 0 Å². The second-order valence-electron chi connectivity index (χ2n) is 8.15. The van der Waals surface area contributed by atoms with Crippen molar-refractivity contribution in [2.45, 2.75) is 19.4 Å². The fourth-order valence-corrected chi connectivity index (χ4v) is 4.34. The molecule has 32 heavy (non-hydrogen) atoms. The van der Waals surface area contributed by atoms with Gasteiger partial charge in [-0.05, 0) is 49.2 Å². The van der Waals surface area contributed by atoms with Crippen LogP contribution in [0.3, 0.4) is 0 Å². The number of carbonyl (C=O) groups excluding carboxylic acids is 1. The van der Waals surface area contributed by atoms with Gasteiger partial charge in [0.2, 0.25) is 5.91 Å². The number of amides is 1. The summed E-state index contributed by atoms with van der Waals surface area (Å²) in [4.78, 5) is 15.5. The lowest BCUT2D eigenvalue weighted by Gasteiger charge is -2.32. The van der Waals surface area contributed by atoms with Crippen LogP contribution in [-0.4, -0.2) is 38.1 Å². The number of ether oxygens (including phenoxy) is 2. The molecule has 166 valence electrons. The van der Waals surface area contributed by atoms with Gasteiger partial charge in [0.1, 0.15) is 11.5 Å². The van der Waals surface area contributed by atoms with E-state index in [0.29, 0.717) is 0 Å². The third-order valence-electron chi connectivity index (χ3n) is 6.05. The van der Waals surface area contributed by atoms with E-state index in [0.717, 1.165) is 66.4 Å². The Hall–Kier alpha value is -3.31. The smallest absolute Gasteiger partial charge is 0.228 e. The molecule has 0 spiro atoms. The van der Waals surface area contributed by atoms with Crippen molar-refractivity contribution < 1.29 is 14.3 Å². The van der Waals surface area contributed by atoms with Gasteiger partial charge in [-0.1, -0.05) is 48.5 Å². The van der Waals surface area contributed by atoms with Crippen LogP contribution >= 0.6 is 0 Å². The van der Waals surface area contributed by atoms with Crippen LogP contribution in [0, 0.1) is 5.92 Å². The predicted molar refractivity (Wildman–Crippen MR) is 128 cm³/mol. The summed E-state index contributed by atoms with van der Waals surface area (Å²) in [5, 5.41) is 3.19. The highest BCUT2D eigenvalue weighted by Crippen LogP contribution is 2.30. The van der Waals surface area contributed by atoms with Crippen LogP contribution in [0.25, 0.3) is 11.1 Å². The van der Waals surface area contributed by atoms with Crippen LogP contribution < -0.4 is 14.8 Å². The Morgan fingerprint density at radius 3 is 2.50 bits per heavy atom. The molecule has 1 saturated heterocycles. The monoisotopic (exact) mass is 430 g/mol. The molecule has 5 nitrogen and oxygen atoms in total. The number of hydrogen-bond donors (Lipinski definition) is 1. The molecular formula is C27H30N2O3. The van der Waals surface area contributed by atoms with Gasteiger partial charge in [-0.25, -0.2) is 0 Å². The first-order chi connectivity index (χ1) is 15.7. The fraction of sp³-hybridized carbons (Fsp3) is 0.296. The summed E-state index contributed by atoms with van der Waals surface area (Å²) in [7, 11) is 3.36. The molecule has 0 unspecified atom stereocenters. The van der Waals surface area contributed by atoms with Crippen molar-refractivity contribution in [1.82, 2.24) is 4.90 Å². The van der Waals surface area contributed by atoms with Gasteiger partial charge in [0.05, 0.1) is 20.1 Å². The Labute approximate surface area is 190 Å². The third-order valence-corrected chi connectivity index (χ3v) is 6.05. The molecule has 5 heteroatoms. The van der Waals surface area contributed by atoms with Crippen molar-refractivity contribution in [3.8, 4) is 22.6 Å². The maximum absolute atomic E-state index is 13.2. The van der Waals surface area contributed by atoms with Gasteiger partial charge in [-0.2, -0.15) is 0 Å². The van der Waals surface area contributed by atoms with Gasteiger partial charge >= 0.3 is 0 Å². The van der Waals surface area contributed by atoms with Crippen LogP contribution in [0.1, 0.15) is 18.4 Å². The van der Waals surface area contributed by atoms with Crippen molar-refractivity contribution in [3.63, 3.8) is 0 Å². The second kappa shape index (κ2) is 10.3. The molecular weight excluding hydrogens is 400 g/mol. The first kappa shape index (κ1) is 21.9. The Bertz CT molecular complexity index is 1050. The Morgan fingerprint density at radius 1 is 0.969 bits per heavy atom. The molecule has 1 amide bonds. The number of benzene rings is 3. The number of likely N-dealkylation sites (tertiary alicyclic amines) is 1. The van der Waals surface area contributed by atoms with Crippen LogP contribution in [0.5, 0.6) is 11.5 Å². The summed E-state index contributed by atoms with van der Waals surface area (Å²) in [6.07, 6.45) is 1.91. The van der Waals surface area contributed by atoms with E-state index in [2.05, 4.69) is 16.3 Å². The second-order valence-corrected chi connectivity index (χ2v) is 8.15. The highest BCUT2D eigenvalue weighted by atomic mass is 16.5. The lowest BCUT2D eigenvalue weighted by molar-refractivity contribution is -0.121. The lowest BCUT2D eigenvalue weighted by atomic mass is 9.96. The number of hydrogen-bond acceptors (Lipinski definition) is 4. The zero-order chi connectivity index (χ0) is 22.3. The van der Waals surface area contributed by atoms with E-state index in [4.69, 9.17) is 9.47 Å². The number of methoxy groups -OCH3 is 2. The fourth-order valence-electron chi connectivity index (χ4n) is 4.34. The van der Waals surface area contributed by atoms with Crippen LogP contribution in [0.4, 0.5) is 5.69 Å². The van der Waals surface area contributed by atoms with E-state index in [1.54, 1.807) is 14.2 Å². The summed E-state index contributed by atoms with van der Waals surface area (Å²) in [5.74, 6) is 1.75. The van der Waals surface area contributed by atoms with Crippen molar-refractivity contribution in [1.29, 1.82) is 0 Å². The van der Waals surface area contributed by atoms with E-state index < -0.39 is 0 Å². The minimum atomic E-state index is -0.0395. The van der Waals surface area contributed by atoms with E-state index in [1.165, 1.54) is 0 Å². The van der Waals surface area contributed by atoms with E-state index in [1.807, 2.05) is 66.7 Å². The summed E-state index contributed by atoms with van der Waals surface area (Å²) in [5.41, 5.74) is 4.04. The molecule has 1 heterocycles. The minimum Gasteiger partial charge on any atom is -0.497 e. The number of rotatable bonds is 7. The molecule has 3 aromatic carbocycles. The maximum atomic E-state index is 13.2. The Morgan fingerprint density at radius 2 is 1.72 bits per heavy atom. The highest BCUT2D eigenvalue weighted by molar-refractivity contribution is 5.97. The minimum absolute atomic E-state index is 0.0395. The van der Waals surface area contributed by atoms with E-state index in [-0.39, 0.29) is 11.8 Å². The summed E-state index contributed by atoms with van der Waals surface area (Å²) < 4.78 is 10.8. The SMILES string of the molecule is COc1ccc(-c2ccccc2NC(=O)[C@H]2CCCN(Cc3ccccc3OC)C2)cc1. The van der Waals surface area contributed by atoms with Gasteiger partial charge in [0, 0.05) is 29.9 Å². The molecule has 0 saturated carbocycles. The predicted octanol–water partition coefficient (Wildman–Crippen LogP) is 5.22. The largest absolute Gasteiger partial charge is 0.497 e. The Balaban J connectivity index is 1.45. The van der Waals surface area contributed by atoms with Gasteiger partial charge in [-0.15, -0.1) is 0 Å². The molecule has 0 radical (unpaired) electrons. The van der Waals surface area contributed by atoms with Crippen molar-refractivity contribution in [3.05, 3.63) is 78.4 Å². The number of anilines is 1. The number of piperidine rings is 1. The van der Waals surface area contributed by atoms with Crippen molar-refractivity contribution in [2.75, 3.05) is 32.6 Å². The lowest BCUT2D eigenvalue weighted by Crippen LogP contribution is -2.40. The average molecular weight is 431 g/mol. The zero-order valence-electron chi connectivity index (χ0n) is 18.7. The molecule has 1 N–H and O–H groups in total. The molecule has 0 aromatic heterocycles. The quantitative estimate of drug-likeness (QED) is 0.558. The number of nitrogens with one attached hydrogen (secondary N) is 1. The molecule has 1 fully saturated rings. The first-order valence-corrected chi connectivity index (χ1v) is 11.1. The van der Waals surface area contributed by atoms with Crippen LogP contribution in [0.15, 0.2) is 72.8 Å². The normalized spacial score (nSPS) is 16.4. The van der Waals surface area contributed by atoms with Crippen LogP contribution in [0.2, 0.25) is 0 Å². The molecule has 4 rings (SSSR count). The van der Waals surface area contributed by atoms with E-state index >= 15 is 0 Å². The number of carbonyl (C=O) groups is 1. The van der Waals surface area contributed by atoms with Crippen molar-refractivity contribution in [2.24, 2.45) is 5.92 Å². The number of nitrogens with zero attached hydrogens (tertiary/aromatic N) is 1. The topological polar surface area (TPSA) is 50.8 Å². The average Bonchev–Trinajstić information content (AvgIpc) is 2.85. The summed E-state index contributed by atoms with van der Waals surface area (Å²) in [6.45, 7) is 2.52. The standard InChI is InChI=1S/C27H30N2O3/c1-31-23-15-13-20(14-16-23)24-10-4-5-11-25(24)28-27(30)22-9-7-17-29(19-22)18-21-8-3-6-12-26(21)32-2/h3-6,8,10-16,22H,7,9,17-19H2,1-2H3,(H,28,30)/t22-/m0/s1. The molecule has 1 atom stereocenters. The maximum Gasteiger partial charge on any atom is 0.228 e. The Kier molecular flexibility index (Phi) is 7.07. The summed E-state index contributed by atoms with van der Waals surface area (Å²) >= 11 is 0. The summed E-state index contributed by atoms with van der Waals surface area (Å²) in [6, 6.07) is 23.9. The molecule has 0 aliphatic carbocycles. The van der Waals surface area contributed by atoms with E-state index in [9.17, 15) is 4.79 Å². The highest BCUT2D eigenvalue weighted by Gasteiger charge is 2.26. The van der Waals surface area contributed by atoms with Crippen LogP contribution in [-0.2, 0) is 11.3 Å². The van der Waals surface area contributed by atoms with Gasteiger partial charge in [-0.3, -0.25) is 9.69 Å². The first-order valence-electron chi connectivity index (χ1n) is 11.1. The zero-order valence-corrected chi connectivity index (χ0v) is 18.7. The molecule has 1 aliphatic heterocycles. The van der Waals surface area contributed by atoms with Gasteiger partial charge in [0.25, 0.3) is 0 Å². The molecule has 0 bridgehead atoms. The molecule has 3 aromatic rings. The van der Waals surface area contributed by atoms with Gasteiger partial charge < -0.3 is 14.8 Å². The van der Waals surface area contributed by atoms with Crippen molar-refractivity contribution >= 4 is 11.6 Å².